The number of nitrogens with zero attached hydrogens (tertiary/aromatic N) is 4. The van der Waals surface area contributed by atoms with Crippen molar-refractivity contribution in [1.82, 2.24) is 14.5 Å². The van der Waals surface area contributed by atoms with E-state index in [1.54, 1.807) is 13.4 Å². The fourth-order valence-electron chi connectivity index (χ4n) is 4.36. The standard InChI is InChI=1S/C25H25FN4O2/c1-17-14-29(16-27-17)22-10-5-18(13-24(22)31-2)12-20-4-3-11-30-23(15-32-28-25(20)30)19-6-8-21(26)9-7-19/h5-10,12-14,16,23H,3-4,11,15H2,1-2H3/t23-/m0/s1. The van der Waals surface area contributed by atoms with Crippen LogP contribution >= 0.6 is 0 Å². The summed E-state index contributed by atoms with van der Waals surface area (Å²) in [5, 5.41) is 4.39. The monoisotopic (exact) mass is 432 g/mol. The smallest absolute Gasteiger partial charge is 0.172 e. The molecule has 6 nitrogen and oxygen atoms in total. The predicted molar refractivity (Wildman–Crippen MR) is 121 cm³/mol. The van der Waals surface area contributed by atoms with Crippen molar-refractivity contribution in [2.75, 3.05) is 20.3 Å². The van der Waals surface area contributed by atoms with Crippen LogP contribution < -0.4 is 4.74 Å². The van der Waals surface area contributed by atoms with Crippen LogP contribution in [-0.2, 0) is 4.84 Å². The lowest BCUT2D eigenvalue weighted by Gasteiger charge is -2.40. The number of piperidine rings is 1. The lowest BCUT2D eigenvalue weighted by molar-refractivity contribution is 0.0575. The molecule has 2 aliphatic rings. The zero-order chi connectivity index (χ0) is 22.1. The maximum absolute atomic E-state index is 13.4. The quantitative estimate of drug-likeness (QED) is 0.589. The van der Waals surface area contributed by atoms with Gasteiger partial charge in [-0.1, -0.05) is 23.4 Å². The number of hydrogen-bond acceptors (Lipinski definition) is 5. The van der Waals surface area contributed by atoms with Crippen LogP contribution in [0.1, 0.15) is 35.7 Å². The Bertz CT molecular complexity index is 1180. The van der Waals surface area contributed by atoms with Crippen LogP contribution in [0, 0.1) is 12.7 Å². The van der Waals surface area contributed by atoms with Crippen molar-refractivity contribution in [3.63, 3.8) is 0 Å². The van der Waals surface area contributed by atoms with Crippen molar-refractivity contribution >= 4 is 11.9 Å². The second-order valence-corrected chi connectivity index (χ2v) is 8.10. The van der Waals surface area contributed by atoms with Crippen LogP contribution in [0.25, 0.3) is 11.8 Å². The minimum Gasteiger partial charge on any atom is -0.495 e. The van der Waals surface area contributed by atoms with Gasteiger partial charge in [0.2, 0.25) is 0 Å². The summed E-state index contributed by atoms with van der Waals surface area (Å²) in [5.41, 5.74) is 5.07. The van der Waals surface area contributed by atoms with Crippen molar-refractivity contribution in [3.05, 3.63) is 83.2 Å². The highest BCUT2D eigenvalue weighted by atomic mass is 19.1. The van der Waals surface area contributed by atoms with Crippen molar-refractivity contribution in [2.24, 2.45) is 5.16 Å². The molecule has 7 heteroatoms. The van der Waals surface area contributed by atoms with Gasteiger partial charge < -0.3 is 19.0 Å². The van der Waals surface area contributed by atoms with Gasteiger partial charge >= 0.3 is 0 Å². The highest BCUT2D eigenvalue weighted by Crippen LogP contribution is 2.33. The van der Waals surface area contributed by atoms with E-state index in [2.05, 4.69) is 27.2 Å². The molecule has 0 amide bonds. The molecule has 0 N–H and O–H groups in total. The summed E-state index contributed by atoms with van der Waals surface area (Å²) >= 11 is 0. The van der Waals surface area contributed by atoms with Gasteiger partial charge in [0.05, 0.1) is 30.9 Å². The molecule has 3 heterocycles. The molecule has 5 rings (SSSR count). The minimum absolute atomic E-state index is 0.0215. The summed E-state index contributed by atoms with van der Waals surface area (Å²) in [6.07, 6.45) is 7.84. The SMILES string of the molecule is COc1cc(C=C2CCCN3C2=NOC[C@H]3c2ccc(F)cc2)ccc1-n1cnc(C)c1. The number of rotatable bonds is 4. The fraction of sp³-hybridized carbons (Fsp3) is 0.280. The molecule has 3 aromatic rings. The third kappa shape index (κ3) is 3.86. The molecule has 0 radical (unpaired) electrons. The van der Waals surface area contributed by atoms with Gasteiger partial charge in [-0.3, -0.25) is 0 Å². The molecule has 1 atom stereocenters. The number of amidine groups is 1. The maximum Gasteiger partial charge on any atom is 0.172 e. The molecule has 2 aliphatic heterocycles. The fourth-order valence-corrected chi connectivity index (χ4v) is 4.36. The van der Waals surface area contributed by atoms with Gasteiger partial charge in [0.15, 0.2) is 5.84 Å². The van der Waals surface area contributed by atoms with E-state index in [0.29, 0.717) is 6.61 Å². The highest BCUT2D eigenvalue weighted by molar-refractivity contribution is 6.03. The number of ether oxygens (including phenoxy) is 1. The molecule has 1 saturated heterocycles. The Morgan fingerprint density at radius 2 is 2.03 bits per heavy atom. The van der Waals surface area contributed by atoms with Gasteiger partial charge in [0.1, 0.15) is 18.2 Å². The third-order valence-electron chi connectivity index (χ3n) is 5.95. The molecule has 0 unspecified atom stereocenters. The van der Waals surface area contributed by atoms with Crippen LogP contribution in [0.2, 0.25) is 0 Å². The van der Waals surface area contributed by atoms with Gasteiger partial charge in [0.25, 0.3) is 0 Å². The Kier molecular flexibility index (Phi) is 5.39. The summed E-state index contributed by atoms with van der Waals surface area (Å²) in [6, 6.07) is 12.8. The largest absolute Gasteiger partial charge is 0.495 e. The number of hydrogen-bond donors (Lipinski definition) is 0. The van der Waals surface area contributed by atoms with Crippen LogP contribution in [0.4, 0.5) is 4.39 Å². The van der Waals surface area contributed by atoms with E-state index in [9.17, 15) is 4.39 Å². The van der Waals surface area contributed by atoms with Gasteiger partial charge in [-0.25, -0.2) is 9.37 Å². The molecule has 0 spiro atoms. The zero-order valence-electron chi connectivity index (χ0n) is 18.2. The van der Waals surface area contributed by atoms with Crippen molar-refractivity contribution in [3.8, 4) is 11.4 Å². The van der Waals surface area contributed by atoms with E-state index in [1.807, 2.05) is 42.0 Å². The van der Waals surface area contributed by atoms with Crippen LogP contribution in [0.15, 0.2) is 65.7 Å². The van der Waals surface area contributed by atoms with Gasteiger partial charge in [-0.2, -0.15) is 0 Å². The lowest BCUT2D eigenvalue weighted by atomic mass is 9.96. The van der Waals surface area contributed by atoms with Gasteiger partial charge in [0, 0.05) is 12.7 Å². The Morgan fingerprint density at radius 1 is 1.19 bits per heavy atom. The molecule has 164 valence electrons. The first kappa shape index (κ1) is 20.3. The van der Waals surface area contributed by atoms with Gasteiger partial charge in [-0.15, -0.1) is 0 Å². The maximum atomic E-state index is 13.4. The second-order valence-electron chi connectivity index (χ2n) is 8.10. The third-order valence-corrected chi connectivity index (χ3v) is 5.95. The average molecular weight is 432 g/mol. The number of halogens is 1. The van der Waals surface area contributed by atoms with Crippen LogP contribution in [0.3, 0.4) is 0 Å². The van der Waals surface area contributed by atoms with E-state index in [1.165, 1.54) is 12.1 Å². The Balaban J connectivity index is 1.45. The molecule has 1 fully saturated rings. The number of aryl methyl sites for hydroxylation is 1. The first-order valence-corrected chi connectivity index (χ1v) is 10.7. The molecule has 2 aromatic carbocycles. The Morgan fingerprint density at radius 3 is 2.78 bits per heavy atom. The number of oxime groups is 1. The summed E-state index contributed by atoms with van der Waals surface area (Å²) < 4.78 is 21.0. The summed E-state index contributed by atoms with van der Waals surface area (Å²) in [6.45, 7) is 3.31. The number of aromatic nitrogens is 2. The van der Waals surface area contributed by atoms with Crippen LogP contribution in [0.5, 0.6) is 5.75 Å². The first-order chi connectivity index (χ1) is 15.6. The molecular formula is C25H25FN4O2. The second kappa shape index (κ2) is 8.49. The normalized spacial score (nSPS) is 19.3. The lowest BCUT2D eigenvalue weighted by Crippen LogP contribution is -2.44. The molecule has 0 saturated carbocycles. The molecular weight excluding hydrogens is 407 g/mol. The van der Waals surface area contributed by atoms with Crippen molar-refractivity contribution in [2.45, 2.75) is 25.8 Å². The minimum atomic E-state index is -0.234. The topological polar surface area (TPSA) is 51.9 Å². The summed E-state index contributed by atoms with van der Waals surface area (Å²) in [4.78, 5) is 12.2. The number of methoxy groups -OCH3 is 1. The van der Waals surface area contributed by atoms with E-state index in [-0.39, 0.29) is 11.9 Å². The number of benzene rings is 2. The van der Waals surface area contributed by atoms with E-state index in [4.69, 9.17) is 9.57 Å². The van der Waals surface area contributed by atoms with Crippen molar-refractivity contribution < 1.29 is 14.0 Å². The van der Waals surface area contributed by atoms with Gasteiger partial charge in [-0.05, 0) is 66.8 Å². The molecule has 0 bridgehead atoms. The van der Waals surface area contributed by atoms with Crippen LogP contribution in [-0.4, -0.2) is 40.5 Å². The molecule has 32 heavy (non-hydrogen) atoms. The molecule has 0 aliphatic carbocycles. The van der Waals surface area contributed by atoms with E-state index >= 15 is 0 Å². The Hall–Kier alpha value is -3.61. The average Bonchev–Trinajstić information content (AvgIpc) is 3.25. The number of imidazole rings is 1. The predicted octanol–water partition coefficient (Wildman–Crippen LogP) is 4.89. The molecule has 1 aromatic heterocycles. The highest BCUT2D eigenvalue weighted by Gasteiger charge is 2.33. The van der Waals surface area contributed by atoms with E-state index < -0.39 is 0 Å². The number of fused-ring (bicyclic) bond motifs is 1. The first-order valence-electron chi connectivity index (χ1n) is 10.7. The van der Waals surface area contributed by atoms with E-state index in [0.717, 1.165) is 59.1 Å². The zero-order valence-corrected chi connectivity index (χ0v) is 18.2. The van der Waals surface area contributed by atoms with Crippen molar-refractivity contribution in [1.29, 1.82) is 0 Å². The summed E-state index contributed by atoms with van der Waals surface area (Å²) in [5.74, 6) is 1.39. The Labute approximate surface area is 186 Å². The summed E-state index contributed by atoms with van der Waals surface area (Å²) in [7, 11) is 1.67.